The predicted molar refractivity (Wildman–Crippen MR) is 97.5 cm³/mol. The molecule has 1 aliphatic rings. The Morgan fingerprint density at radius 1 is 1.23 bits per heavy atom. The Morgan fingerprint density at radius 2 is 1.96 bits per heavy atom. The Morgan fingerprint density at radius 3 is 2.65 bits per heavy atom. The van der Waals surface area contributed by atoms with Crippen LogP contribution in [0.2, 0.25) is 0 Å². The second kappa shape index (κ2) is 8.32. The maximum atomic E-state index is 13.9. The number of nitrogens with zero attached hydrogens (tertiary/aromatic N) is 1. The molecule has 0 radical (unpaired) electrons. The first-order valence-electron chi connectivity index (χ1n) is 8.89. The highest BCUT2D eigenvalue weighted by molar-refractivity contribution is 5.79. The summed E-state index contributed by atoms with van der Waals surface area (Å²) in [6.07, 6.45) is 0.750. The molecule has 2 aromatic carbocycles. The van der Waals surface area contributed by atoms with Crippen molar-refractivity contribution in [2.75, 3.05) is 20.2 Å². The predicted octanol–water partition coefficient (Wildman–Crippen LogP) is 2.83. The van der Waals surface area contributed by atoms with Crippen molar-refractivity contribution in [3.63, 3.8) is 0 Å². The molecule has 1 aliphatic heterocycles. The van der Waals surface area contributed by atoms with E-state index in [-0.39, 0.29) is 17.6 Å². The van der Waals surface area contributed by atoms with Crippen LogP contribution in [0, 0.1) is 11.7 Å². The van der Waals surface area contributed by atoms with Crippen LogP contribution >= 0.6 is 0 Å². The van der Waals surface area contributed by atoms with Gasteiger partial charge in [0.25, 0.3) is 0 Å². The van der Waals surface area contributed by atoms with E-state index in [1.165, 1.54) is 6.07 Å². The number of amides is 1. The average Bonchev–Trinajstić information content (AvgIpc) is 2.66. The van der Waals surface area contributed by atoms with Crippen molar-refractivity contribution in [3.05, 3.63) is 65.5 Å². The molecule has 3 rings (SSSR count). The highest BCUT2D eigenvalue weighted by atomic mass is 19.1. The fraction of sp³-hybridized carbons (Fsp3) is 0.381. The normalized spacial score (nSPS) is 20.0. The molecule has 0 saturated carbocycles. The van der Waals surface area contributed by atoms with Crippen LogP contribution in [-0.4, -0.2) is 42.2 Å². The van der Waals surface area contributed by atoms with Crippen LogP contribution in [0.5, 0.6) is 5.75 Å². The van der Waals surface area contributed by atoms with Crippen LogP contribution in [0.15, 0.2) is 48.5 Å². The van der Waals surface area contributed by atoms with Crippen LogP contribution in [0.3, 0.4) is 0 Å². The maximum Gasteiger partial charge on any atom is 0.227 e. The molecule has 1 heterocycles. The van der Waals surface area contributed by atoms with Gasteiger partial charge in [0.1, 0.15) is 11.6 Å². The molecule has 1 N–H and O–H groups in total. The summed E-state index contributed by atoms with van der Waals surface area (Å²) in [4.78, 5) is 14.4. The van der Waals surface area contributed by atoms with Crippen LogP contribution in [0.25, 0.3) is 0 Å². The number of hydrogen-bond donors (Lipinski definition) is 1. The first-order chi connectivity index (χ1) is 12.6. The quantitative estimate of drug-likeness (QED) is 0.895. The highest BCUT2D eigenvalue weighted by Gasteiger charge is 2.30. The minimum absolute atomic E-state index is 0.0283. The molecule has 26 heavy (non-hydrogen) atoms. The fourth-order valence-corrected chi connectivity index (χ4v) is 3.42. The molecular formula is C21H24FNO3. The lowest BCUT2D eigenvalue weighted by Gasteiger charge is -2.36. The van der Waals surface area contributed by atoms with Crippen molar-refractivity contribution in [2.24, 2.45) is 5.92 Å². The van der Waals surface area contributed by atoms with Crippen LogP contribution in [0.4, 0.5) is 4.39 Å². The van der Waals surface area contributed by atoms with Gasteiger partial charge in [0.2, 0.25) is 5.91 Å². The van der Waals surface area contributed by atoms with E-state index in [0.29, 0.717) is 37.9 Å². The third-order valence-electron chi connectivity index (χ3n) is 5.00. The van der Waals surface area contributed by atoms with Crippen molar-refractivity contribution >= 4 is 5.91 Å². The maximum absolute atomic E-state index is 13.9. The van der Waals surface area contributed by atoms with Crippen LogP contribution in [-0.2, 0) is 17.6 Å². The zero-order valence-corrected chi connectivity index (χ0v) is 14.9. The molecule has 5 heteroatoms. The summed E-state index contributed by atoms with van der Waals surface area (Å²) in [5.41, 5.74) is 1.51. The molecule has 0 bridgehead atoms. The van der Waals surface area contributed by atoms with E-state index < -0.39 is 6.10 Å². The van der Waals surface area contributed by atoms with Gasteiger partial charge in [-0.25, -0.2) is 4.39 Å². The first-order valence-corrected chi connectivity index (χ1v) is 8.89. The summed E-state index contributed by atoms with van der Waals surface area (Å²) in [6, 6.07) is 14.0. The lowest BCUT2D eigenvalue weighted by Crippen LogP contribution is -2.47. The standard InChI is InChI=1S/C21H24FNO3/c1-26-18-8-6-15(7-9-18)12-21(25)23-11-10-20(24)17(14-23)13-16-4-2-3-5-19(16)22/h2-9,17,20,24H,10-14H2,1H3/t17-,20-/m1/s1. The highest BCUT2D eigenvalue weighted by Crippen LogP contribution is 2.23. The Kier molecular flexibility index (Phi) is 5.89. The molecule has 2 atom stereocenters. The second-order valence-corrected chi connectivity index (χ2v) is 6.78. The van der Waals surface area contributed by atoms with Gasteiger partial charge in [0.15, 0.2) is 0 Å². The van der Waals surface area contributed by atoms with Crippen LogP contribution < -0.4 is 4.74 Å². The SMILES string of the molecule is COc1ccc(CC(=O)N2CC[C@@H](O)[C@H](Cc3ccccc3F)C2)cc1. The van der Waals surface area contributed by atoms with Crippen LogP contribution in [0.1, 0.15) is 17.5 Å². The van der Waals surface area contributed by atoms with Gasteiger partial charge in [-0.15, -0.1) is 0 Å². The Balaban J connectivity index is 1.63. The second-order valence-electron chi connectivity index (χ2n) is 6.78. The van der Waals surface area contributed by atoms with E-state index in [4.69, 9.17) is 4.74 Å². The lowest BCUT2D eigenvalue weighted by molar-refractivity contribution is -0.134. The van der Waals surface area contributed by atoms with Crippen molar-refractivity contribution in [1.82, 2.24) is 4.90 Å². The van der Waals surface area contributed by atoms with Crippen molar-refractivity contribution < 1.29 is 19.0 Å². The summed E-state index contributed by atoms with van der Waals surface area (Å²) in [7, 11) is 1.61. The zero-order valence-electron chi connectivity index (χ0n) is 14.9. The Hall–Kier alpha value is -2.40. The third kappa shape index (κ3) is 4.41. The molecule has 2 aromatic rings. The number of methoxy groups -OCH3 is 1. The molecule has 4 nitrogen and oxygen atoms in total. The zero-order chi connectivity index (χ0) is 18.5. The van der Waals surface area contributed by atoms with E-state index in [9.17, 15) is 14.3 Å². The fourth-order valence-electron chi connectivity index (χ4n) is 3.42. The van der Waals surface area contributed by atoms with Gasteiger partial charge in [-0.3, -0.25) is 4.79 Å². The number of ether oxygens (including phenoxy) is 1. The molecule has 138 valence electrons. The Labute approximate surface area is 153 Å². The average molecular weight is 357 g/mol. The van der Waals surface area contributed by atoms with E-state index in [2.05, 4.69) is 0 Å². The number of aliphatic hydroxyl groups is 1. The Bertz CT molecular complexity index is 747. The van der Waals surface area contributed by atoms with Gasteiger partial charge < -0.3 is 14.7 Å². The number of hydrogen-bond acceptors (Lipinski definition) is 3. The number of likely N-dealkylation sites (tertiary alicyclic amines) is 1. The van der Waals surface area contributed by atoms with Gasteiger partial charge in [0.05, 0.1) is 19.6 Å². The first kappa shape index (κ1) is 18.4. The summed E-state index contributed by atoms with van der Waals surface area (Å²) >= 11 is 0. The third-order valence-corrected chi connectivity index (χ3v) is 5.00. The lowest BCUT2D eigenvalue weighted by atomic mass is 9.88. The molecule has 0 aliphatic carbocycles. The number of benzene rings is 2. The number of rotatable bonds is 5. The van der Waals surface area contributed by atoms with Gasteiger partial charge in [-0.2, -0.15) is 0 Å². The molecule has 1 fully saturated rings. The van der Waals surface area contributed by atoms with E-state index in [0.717, 1.165) is 11.3 Å². The summed E-state index contributed by atoms with van der Waals surface area (Å²) in [6.45, 7) is 0.981. The topological polar surface area (TPSA) is 49.8 Å². The molecule has 0 spiro atoms. The number of aliphatic hydroxyl groups excluding tert-OH is 1. The van der Waals surface area contributed by atoms with E-state index >= 15 is 0 Å². The summed E-state index contributed by atoms with van der Waals surface area (Å²) in [5.74, 6) is 0.370. The smallest absolute Gasteiger partial charge is 0.227 e. The number of carbonyl (C=O) groups excluding carboxylic acids is 1. The minimum atomic E-state index is -0.514. The summed E-state index contributed by atoms with van der Waals surface area (Å²) < 4.78 is 19.0. The molecule has 0 unspecified atom stereocenters. The summed E-state index contributed by atoms with van der Waals surface area (Å²) in [5, 5.41) is 10.3. The number of piperidine rings is 1. The van der Waals surface area contributed by atoms with Gasteiger partial charge in [0, 0.05) is 19.0 Å². The van der Waals surface area contributed by atoms with Gasteiger partial charge in [-0.05, 0) is 42.2 Å². The molecule has 1 saturated heterocycles. The van der Waals surface area contributed by atoms with Gasteiger partial charge >= 0.3 is 0 Å². The van der Waals surface area contributed by atoms with Crippen molar-refractivity contribution in [1.29, 1.82) is 0 Å². The largest absolute Gasteiger partial charge is 0.497 e. The molecular weight excluding hydrogens is 333 g/mol. The van der Waals surface area contributed by atoms with E-state index in [1.807, 2.05) is 24.3 Å². The minimum Gasteiger partial charge on any atom is -0.497 e. The van der Waals surface area contributed by atoms with Crippen molar-refractivity contribution in [3.8, 4) is 5.75 Å². The van der Waals surface area contributed by atoms with Gasteiger partial charge in [-0.1, -0.05) is 30.3 Å². The number of carbonyl (C=O) groups is 1. The molecule has 1 amide bonds. The van der Waals surface area contributed by atoms with E-state index in [1.54, 1.807) is 30.2 Å². The monoisotopic (exact) mass is 357 g/mol. The molecule has 0 aromatic heterocycles. The van der Waals surface area contributed by atoms with Crippen molar-refractivity contribution in [2.45, 2.75) is 25.4 Å². The number of halogens is 1.